The van der Waals surface area contributed by atoms with Gasteiger partial charge in [0.05, 0.1) is 75.4 Å². The van der Waals surface area contributed by atoms with Gasteiger partial charge in [0.15, 0.2) is 0 Å². The summed E-state index contributed by atoms with van der Waals surface area (Å²) in [5, 5.41) is 97.8. The molecule has 2 heterocycles. The number of likely N-dealkylation sites (N-methyl/N-ethyl adjacent to an activating group) is 4. The second kappa shape index (κ2) is 66.3. The van der Waals surface area contributed by atoms with E-state index in [1.165, 1.54) is 0 Å². The zero-order valence-electron chi connectivity index (χ0n) is 63.4. The molecule has 2 aliphatic heterocycles. The monoisotopic (exact) mass is 1750 g/mol. The van der Waals surface area contributed by atoms with E-state index in [2.05, 4.69) is 30.2 Å². The van der Waals surface area contributed by atoms with E-state index in [-0.39, 0.29) is 83.4 Å². The fourth-order valence-corrected chi connectivity index (χ4v) is 13.1. The van der Waals surface area contributed by atoms with Crippen molar-refractivity contribution in [2.24, 2.45) is 23.7 Å². The maximum atomic E-state index is 12.9. The molecule has 0 aromatic rings. The number of amides is 2. The average molecular weight is 1760 g/mol. The summed E-state index contributed by atoms with van der Waals surface area (Å²) in [5.41, 5.74) is 0. The van der Waals surface area contributed by atoms with E-state index in [0.717, 1.165) is 26.2 Å². The van der Waals surface area contributed by atoms with Crippen LogP contribution < -0.4 is 10.6 Å². The van der Waals surface area contributed by atoms with Gasteiger partial charge in [0, 0.05) is 143 Å². The van der Waals surface area contributed by atoms with Gasteiger partial charge in [0.1, 0.15) is 23.7 Å². The third kappa shape index (κ3) is 65.0. The zero-order chi connectivity index (χ0) is 88.3. The van der Waals surface area contributed by atoms with Crippen LogP contribution >= 0.6 is 15.2 Å². The first-order valence-electron chi connectivity index (χ1n) is 34.6. The van der Waals surface area contributed by atoms with E-state index in [1.54, 1.807) is 19.6 Å². The van der Waals surface area contributed by atoms with Crippen molar-refractivity contribution in [1.29, 1.82) is 0 Å². The van der Waals surface area contributed by atoms with Gasteiger partial charge in [0.2, 0.25) is 11.8 Å². The molecule has 654 valence electrons. The Morgan fingerprint density at radius 3 is 0.774 bits per heavy atom. The van der Waals surface area contributed by atoms with Gasteiger partial charge in [-0.25, -0.2) is 9.59 Å². The number of hydrogen-bond donors (Lipinski definition) is 14. The van der Waals surface area contributed by atoms with Crippen molar-refractivity contribution in [2.45, 2.75) is 89.1 Å². The third-order valence-electron chi connectivity index (χ3n) is 16.7. The molecule has 2 amide bonds. The minimum absolute atomic E-state index is 0. The van der Waals surface area contributed by atoms with Crippen LogP contribution in [0.4, 0.5) is 0 Å². The Balaban J connectivity index is -0.000000611. The molecule has 0 radical (unpaired) electrons. The molecule has 48 nitrogen and oxygen atoms in total. The number of hydrogen-bond acceptors (Lipinski definition) is 34. The number of Topliss-reactive ketones (excluding diaryl/α,β-unsaturated/α-hetero) is 2. The number of ketones is 2. The first-order chi connectivity index (χ1) is 53.2. The number of carboxylic acids is 10. The summed E-state index contributed by atoms with van der Waals surface area (Å²) < 4.78 is 34.4. The van der Waals surface area contributed by atoms with E-state index < -0.39 is 224 Å². The molecule has 2 rings (SSSR count). The Hall–Kier alpha value is -8.88. The van der Waals surface area contributed by atoms with E-state index >= 15 is 0 Å². The summed E-state index contributed by atoms with van der Waals surface area (Å²) in [6.45, 7) is 6.80. The van der Waals surface area contributed by atoms with Crippen LogP contribution in [0.25, 0.3) is 0 Å². The summed E-state index contributed by atoms with van der Waals surface area (Å²) in [6, 6.07) is -2.93. The van der Waals surface area contributed by atoms with Gasteiger partial charge in [-0.2, -0.15) is 38.4 Å². The van der Waals surface area contributed by atoms with Gasteiger partial charge in [-0.1, -0.05) is 0 Å². The molecule has 0 saturated carbocycles. The van der Waals surface area contributed by atoms with Crippen molar-refractivity contribution in [2.75, 3.05) is 185 Å². The van der Waals surface area contributed by atoms with Crippen LogP contribution in [0.2, 0.25) is 0 Å². The van der Waals surface area contributed by atoms with Crippen molar-refractivity contribution in [3.8, 4) is 0 Å². The van der Waals surface area contributed by atoms with Crippen molar-refractivity contribution in [3.05, 3.63) is 0 Å². The van der Waals surface area contributed by atoms with E-state index in [0.29, 0.717) is 78.5 Å². The normalized spacial score (nSPS) is 17.1. The van der Waals surface area contributed by atoms with Gasteiger partial charge in [-0.05, 0) is 66.7 Å². The first kappa shape index (κ1) is 115. The molecule has 6 unspecified atom stereocenters. The molecule has 0 aromatic heterocycles. The topological polar surface area (TPSA) is 721 Å². The number of carbonyl (C=O) groups excluding carboxylic acids is 12. The Bertz CT molecular complexity index is 3070. The predicted molar refractivity (Wildman–Crippen MR) is 387 cm³/mol. The first-order valence-corrected chi connectivity index (χ1v) is 38.1. The van der Waals surface area contributed by atoms with Crippen molar-refractivity contribution >= 4 is 143 Å². The Morgan fingerprint density at radius 1 is 0.330 bits per heavy atom. The number of aliphatic carboxylic acids is 10. The zero-order valence-corrected chi connectivity index (χ0v) is 65.2. The molecule has 2 saturated heterocycles. The van der Waals surface area contributed by atoms with Crippen LogP contribution in [0.3, 0.4) is 0 Å². The van der Waals surface area contributed by atoms with Gasteiger partial charge < -0.3 is 100 Å². The molecule has 115 heavy (non-hydrogen) atoms. The minimum atomic E-state index is -4.56. The molecule has 51 heteroatoms. The molecule has 2 fully saturated rings. The average Bonchev–Trinajstić information content (AvgIpc) is 0.845. The van der Waals surface area contributed by atoms with E-state index in [9.17, 15) is 127 Å². The number of rotatable bonds is 44. The third-order valence-corrected chi connectivity index (χ3v) is 19.7. The number of carbonyl (C=O) groups is 14. The summed E-state index contributed by atoms with van der Waals surface area (Å²) in [5.74, 6) is -21.6. The summed E-state index contributed by atoms with van der Waals surface area (Å²) in [4.78, 5) is 266. The molecule has 0 bridgehead atoms. The number of carboxylic acid groups (broad SMARTS) is 10. The molecular weight excluding hydrogens is 1650 g/mol. The van der Waals surface area contributed by atoms with Gasteiger partial charge in [-0.15, -0.1) is 0 Å². The van der Waals surface area contributed by atoms with Crippen LogP contribution in [0.15, 0.2) is 0 Å². The Kier molecular flexibility index (Phi) is 66.1. The van der Waals surface area contributed by atoms with Gasteiger partial charge >= 0.3 is 119 Å². The van der Waals surface area contributed by atoms with Gasteiger partial charge in [-0.3, -0.25) is 86.3 Å². The quantitative estimate of drug-likeness (QED) is 0.0199. The molecule has 2 aliphatic rings. The van der Waals surface area contributed by atoms with Crippen molar-refractivity contribution in [3.63, 3.8) is 0 Å². The summed E-state index contributed by atoms with van der Waals surface area (Å²) in [6.07, 6.45) is -6.24. The second-order valence-electron chi connectivity index (χ2n) is 25.8. The molecule has 8 atom stereocenters. The van der Waals surface area contributed by atoms with E-state index in [1.807, 2.05) is 28.2 Å². The number of nitrogens with one attached hydrogen (secondary N) is 2. The predicted octanol–water partition coefficient (Wildman–Crippen LogP) is -6.08. The van der Waals surface area contributed by atoms with Crippen LogP contribution in [0, 0.1) is 23.7 Å². The fraction of sp³-hybridized carbons (Fsp3) is 0.719. The summed E-state index contributed by atoms with van der Waals surface area (Å²) in [7, 11) is -1.35. The molecule has 0 aliphatic carbocycles. The van der Waals surface area contributed by atoms with Crippen LogP contribution in [-0.4, -0.2) is 424 Å². The van der Waals surface area contributed by atoms with Crippen LogP contribution in [0.1, 0.15) is 77.0 Å². The molecular formula is C64H107GaN10O38P2. The standard InChI is InChI=1S/2C30H52N5O15P.4CO2.Ga.3H/c2*1-32-8-9-33(2)11-13-35(19-27(40)41)15-14-34(12-10-32)18-25(37)31-24(30(46)47)5-4-23(36)17-21(28(42)43)7-16-50-51(48,49)20-22(29(44)45)3-6-26(38)39;4*2-1-3;;;;/h2*21-22,24H,3-20H2,1-2H3,(H,31,37)(H,38,39)(H,40,41)(H,42,43)(H,44,45)(H,46,47)(H,48,49);;;;;;;;/t2*21?,22?,24-;;;;;;;;/m11......../s1. The second-order valence-corrected chi connectivity index (χ2v) is 29.6. The Labute approximate surface area is 671 Å². The maximum absolute atomic E-state index is 12.9. The van der Waals surface area contributed by atoms with Crippen molar-refractivity contribution < 1.29 is 185 Å². The van der Waals surface area contributed by atoms with E-state index in [4.69, 9.17) is 57.6 Å². The SMILES string of the molecule is CN1CCN(C)CCN(CC(=O)N[C@H](CCC(=O)CC(CCOP(=O)(O)CC(CCC(=O)O)C(=O)O)C(=O)O)C(=O)O)CCN(CC(=O)O)CC1.CN1CCN(C)CCN(CC(=O)N[C@H](CCC(=O)CC(CCOP(=O)(O)CC(CCC(=O)O)C(=O)O)C(=O)O)C(=O)O)CCN(CC(=O)O)CC1.O=C=O.O=C=O.O=C=O.O=C=O.[GaH3]. The van der Waals surface area contributed by atoms with Crippen LogP contribution in [0.5, 0.6) is 0 Å². The number of nitrogens with zero attached hydrogens (tertiary/aromatic N) is 8. The Morgan fingerprint density at radius 2 is 0.557 bits per heavy atom. The molecule has 14 N–H and O–H groups in total. The molecule has 0 spiro atoms. The molecule has 0 aromatic carbocycles. The van der Waals surface area contributed by atoms with Crippen LogP contribution in [-0.2, 0) is 124 Å². The summed E-state index contributed by atoms with van der Waals surface area (Å²) >= 11 is 0. The fourth-order valence-electron chi connectivity index (χ4n) is 10.3. The van der Waals surface area contributed by atoms with Gasteiger partial charge in [0.25, 0.3) is 0 Å². The van der Waals surface area contributed by atoms with Crippen molar-refractivity contribution in [1.82, 2.24) is 49.8 Å².